The minimum Gasteiger partial charge on any atom is -0.506 e. The van der Waals surface area contributed by atoms with Crippen molar-refractivity contribution in [1.29, 1.82) is 0 Å². The molecule has 3 aromatic rings. The second-order valence-electron chi connectivity index (χ2n) is 8.03. The Morgan fingerprint density at radius 1 is 1.00 bits per heavy atom. The van der Waals surface area contributed by atoms with E-state index in [-0.39, 0.29) is 36.4 Å². The molecular formula is C24H32ClN3O3. The van der Waals surface area contributed by atoms with Gasteiger partial charge >= 0.3 is 0 Å². The molecule has 0 saturated heterocycles. The van der Waals surface area contributed by atoms with Crippen LogP contribution >= 0.6 is 12.4 Å². The summed E-state index contributed by atoms with van der Waals surface area (Å²) in [6, 6.07) is 14.6. The number of anilines is 1. The maximum absolute atomic E-state index is 11.6. The van der Waals surface area contributed by atoms with Crippen molar-refractivity contribution in [2.24, 2.45) is 5.92 Å². The van der Waals surface area contributed by atoms with E-state index in [9.17, 15) is 15.0 Å². The van der Waals surface area contributed by atoms with Crippen LogP contribution in [0.1, 0.15) is 37.4 Å². The van der Waals surface area contributed by atoms with E-state index in [1.807, 2.05) is 0 Å². The van der Waals surface area contributed by atoms with E-state index >= 15 is 0 Å². The number of pyridine rings is 1. The predicted molar refractivity (Wildman–Crippen MR) is 129 cm³/mol. The summed E-state index contributed by atoms with van der Waals surface area (Å²) in [5.74, 6) is 0.707. The molecule has 0 aliphatic heterocycles. The molecule has 1 unspecified atom stereocenters. The number of aromatic nitrogens is 1. The van der Waals surface area contributed by atoms with E-state index in [1.54, 1.807) is 18.2 Å². The Kier molecular flexibility index (Phi) is 9.37. The Morgan fingerprint density at radius 2 is 1.74 bits per heavy atom. The number of nitrogens with one attached hydrogen (secondary N) is 3. The van der Waals surface area contributed by atoms with Crippen molar-refractivity contribution in [2.45, 2.75) is 32.7 Å². The summed E-state index contributed by atoms with van der Waals surface area (Å²) in [7, 11) is 0. The highest BCUT2D eigenvalue weighted by molar-refractivity contribution is 5.87. The first-order valence-corrected chi connectivity index (χ1v) is 10.5. The van der Waals surface area contributed by atoms with Gasteiger partial charge in [-0.25, -0.2) is 0 Å². The number of aromatic hydroxyl groups is 1. The van der Waals surface area contributed by atoms with E-state index in [2.05, 4.69) is 53.7 Å². The molecule has 1 heterocycles. The van der Waals surface area contributed by atoms with Crippen LogP contribution in [0.25, 0.3) is 10.9 Å². The molecule has 0 amide bonds. The van der Waals surface area contributed by atoms with E-state index in [0.29, 0.717) is 18.0 Å². The van der Waals surface area contributed by atoms with Crippen molar-refractivity contribution >= 4 is 29.0 Å². The molecule has 2 aromatic carbocycles. The summed E-state index contributed by atoms with van der Waals surface area (Å²) < 4.78 is 0. The molecule has 5 N–H and O–H groups in total. The molecule has 0 aliphatic carbocycles. The lowest BCUT2D eigenvalue weighted by molar-refractivity contribution is 0.246. The summed E-state index contributed by atoms with van der Waals surface area (Å²) in [5, 5.41) is 27.5. The summed E-state index contributed by atoms with van der Waals surface area (Å²) in [6.45, 7) is 6.02. The fourth-order valence-corrected chi connectivity index (χ4v) is 3.52. The fraction of sp³-hybridized carbons (Fsp3) is 0.375. The Labute approximate surface area is 189 Å². The number of H-pyrrole nitrogens is 1. The van der Waals surface area contributed by atoms with Gasteiger partial charge in [-0.05, 0) is 60.7 Å². The zero-order chi connectivity index (χ0) is 21.5. The Morgan fingerprint density at radius 3 is 2.42 bits per heavy atom. The lowest BCUT2D eigenvalue weighted by atomic mass is 10.0. The predicted octanol–water partition coefficient (Wildman–Crippen LogP) is 3.98. The number of phenols is 1. The monoisotopic (exact) mass is 445 g/mol. The average molecular weight is 446 g/mol. The molecule has 3 rings (SSSR count). The Hall–Kier alpha value is -2.54. The molecule has 0 radical (unpaired) electrons. The molecule has 0 saturated carbocycles. The SMILES string of the molecule is CC(C)CCNc1ccc(CCNC(CO)c2ccc(O)c3[nH]c(=O)ccc23)cc1.Cl. The van der Waals surface area contributed by atoms with Gasteiger partial charge in [0.2, 0.25) is 5.56 Å². The molecule has 1 aromatic heterocycles. The van der Waals surface area contributed by atoms with Crippen LogP contribution in [0.2, 0.25) is 0 Å². The van der Waals surface area contributed by atoms with Crippen LogP contribution < -0.4 is 16.2 Å². The van der Waals surface area contributed by atoms with E-state index < -0.39 is 0 Å². The third kappa shape index (κ3) is 6.72. The first-order chi connectivity index (χ1) is 14.5. The number of aromatic amines is 1. The zero-order valence-corrected chi connectivity index (χ0v) is 18.8. The molecule has 0 fully saturated rings. The van der Waals surface area contributed by atoms with Gasteiger partial charge in [-0.15, -0.1) is 12.4 Å². The molecule has 0 bridgehead atoms. The van der Waals surface area contributed by atoms with Crippen LogP contribution in [-0.2, 0) is 6.42 Å². The van der Waals surface area contributed by atoms with Gasteiger partial charge in [0.15, 0.2) is 0 Å². The van der Waals surface area contributed by atoms with Crippen LogP contribution in [0.5, 0.6) is 5.75 Å². The summed E-state index contributed by atoms with van der Waals surface area (Å²) >= 11 is 0. The smallest absolute Gasteiger partial charge is 0.248 e. The van der Waals surface area contributed by atoms with Gasteiger partial charge in [-0.1, -0.05) is 32.0 Å². The molecule has 31 heavy (non-hydrogen) atoms. The number of aliphatic hydroxyl groups excluding tert-OH is 1. The quantitative estimate of drug-likeness (QED) is 0.325. The zero-order valence-electron chi connectivity index (χ0n) is 18.0. The number of hydrogen-bond donors (Lipinski definition) is 5. The van der Waals surface area contributed by atoms with E-state index in [0.717, 1.165) is 36.0 Å². The highest BCUT2D eigenvalue weighted by Gasteiger charge is 2.15. The van der Waals surface area contributed by atoms with Crippen molar-refractivity contribution in [2.75, 3.05) is 25.0 Å². The van der Waals surface area contributed by atoms with Gasteiger partial charge in [-0.2, -0.15) is 0 Å². The molecule has 6 nitrogen and oxygen atoms in total. The van der Waals surface area contributed by atoms with E-state index in [4.69, 9.17) is 0 Å². The van der Waals surface area contributed by atoms with Crippen molar-refractivity contribution in [3.8, 4) is 5.75 Å². The lowest BCUT2D eigenvalue weighted by Crippen LogP contribution is -2.27. The topological polar surface area (TPSA) is 97.4 Å². The van der Waals surface area contributed by atoms with Crippen LogP contribution in [0, 0.1) is 5.92 Å². The second-order valence-corrected chi connectivity index (χ2v) is 8.03. The van der Waals surface area contributed by atoms with Gasteiger partial charge in [0, 0.05) is 23.7 Å². The van der Waals surface area contributed by atoms with Crippen LogP contribution in [0.3, 0.4) is 0 Å². The highest BCUT2D eigenvalue weighted by atomic mass is 35.5. The highest BCUT2D eigenvalue weighted by Crippen LogP contribution is 2.28. The molecule has 168 valence electrons. The molecule has 0 spiro atoms. The Balaban J connectivity index is 0.00000341. The van der Waals surface area contributed by atoms with Crippen molar-refractivity contribution in [1.82, 2.24) is 10.3 Å². The van der Waals surface area contributed by atoms with Gasteiger partial charge in [0.1, 0.15) is 5.75 Å². The number of halogens is 1. The lowest BCUT2D eigenvalue weighted by Gasteiger charge is -2.19. The first kappa shape index (κ1) is 24.7. The largest absolute Gasteiger partial charge is 0.506 e. The molecule has 0 aliphatic rings. The maximum Gasteiger partial charge on any atom is 0.248 e. The second kappa shape index (κ2) is 11.7. The third-order valence-electron chi connectivity index (χ3n) is 5.27. The first-order valence-electron chi connectivity index (χ1n) is 10.5. The number of phenolic OH excluding ortho intramolecular Hbond substituents is 1. The Bertz CT molecular complexity index is 1020. The van der Waals surface area contributed by atoms with Gasteiger partial charge in [0.25, 0.3) is 0 Å². The number of rotatable bonds is 10. The molecular weight excluding hydrogens is 414 g/mol. The molecule has 1 atom stereocenters. The number of hydrogen-bond acceptors (Lipinski definition) is 5. The van der Waals surface area contributed by atoms with Crippen LogP contribution in [0.4, 0.5) is 5.69 Å². The number of benzene rings is 2. The molecule has 7 heteroatoms. The minimum atomic E-state index is -0.295. The minimum absolute atomic E-state index is 0. The third-order valence-corrected chi connectivity index (χ3v) is 5.27. The summed E-state index contributed by atoms with van der Waals surface area (Å²) in [5.41, 5.74) is 3.30. The van der Waals surface area contributed by atoms with Gasteiger partial charge < -0.3 is 25.8 Å². The van der Waals surface area contributed by atoms with Crippen LogP contribution in [0.15, 0.2) is 53.3 Å². The maximum atomic E-state index is 11.6. The summed E-state index contributed by atoms with van der Waals surface area (Å²) in [6.07, 6.45) is 1.98. The van der Waals surface area contributed by atoms with Gasteiger partial charge in [-0.3, -0.25) is 4.79 Å². The van der Waals surface area contributed by atoms with E-state index in [1.165, 1.54) is 11.6 Å². The average Bonchev–Trinajstić information content (AvgIpc) is 2.73. The van der Waals surface area contributed by atoms with Crippen LogP contribution in [-0.4, -0.2) is 34.9 Å². The van der Waals surface area contributed by atoms with Gasteiger partial charge in [0.05, 0.1) is 18.2 Å². The van der Waals surface area contributed by atoms with Crippen molar-refractivity contribution in [3.05, 3.63) is 70.0 Å². The summed E-state index contributed by atoms with van der Waals surface area (Å²) in [4.78, 5) is 14.3. The van der Waals surface area contributed by atoms with Crippen molar-refractivity contribution < 1.29 is 10.2 Å². The standard InChI is InChI=1S/C24H31N3O3.ClH/c1-16(2)11-13-25-18-5-3-17(4-6-18)12-14-26-21(15-28)19-7-9-22(29)24-20(19)8-10-23(30)27-24;/h3-10,16,21,25-26,28-29H,11-15H2,1-2H3,(H,27,30);1H. The fourth-order valence-electron chi connectivity index (χ4n) is 3.52. The normalized spacial score (nSPS) is 12.0. The number of aliphatic hydroxyl groups is 1. The van der Waals surface area contributed by atoms with Crippen molar-refractivity contribution in [3.63, 3.8) is 0 Å². The number of fused-ring (bicyclic) bond motifs is 1.